The first-order valence-electron chi connectivity index (χ1n) is 9.69. The van der Waals surface area contributed by atoms with Gasteiger partial charge in [-0.3, -0.25) is 14.5 Å². The van der Waals surface area contributed by atoms with Crippen LogP contribution in [-0.2, 0) is 16.1 Å². The molecule has 28 heavy (non-hydrogen) atoms. The summed E-state index contributed by atoms with van der Waals surface area (Å²) < 4.78 is 5.36. The Morgan fingerprint density at radius 3 is 2.25 bits per heavy atom. The van der Waals surface area contributed by atoms with Gasteiger partial charge in [0.1, 0.15) is 5.75 Å². The monoisotopic (exact) mass is 381 g/mol. The maximum atomic E-state index is 12.1. The number of nitrogens with zero attached hydrogens (tertiary/aromatic N) is 1. The van der Waals surface area contributed by atoms with Crippen molar-refractivity contribution in [1.82, 2.24) is 15.5 Å². The predicted octanol–water partition coefficient (Wildman–Crippen LogP) is 1.96. The zero-order valence-electron chi connectivity index (χ0n) is 16.0. The van der Waals surface area contributed by atoms with Gasteiger partial charge in [-0.05, 0) is 30.5 Å². The highest BCUT2D eigenvalue weighted by molar-refractivity contribution is 5.85. The van der Waals surface area contributed by atoms with E-state index in [-0.39, 0.29) is 31.0 Å². The quantitative estimate of drug-likeness (QED) is 0.733. The van der Waals surface area contributed by atoms with Crippen LogP contribution in [0.4, 0.5) is 0 Å². The van der Waals surface area contributed by atoms with Crippen LogP contribution in [-0.4, -0.2) is 49.0 Å². The van der Waals surface area contributed by atoms with E-state index in [9.17, 15) is 9.59 Å². The van der Waals surface area contributed by atoms with Crippen LogP contribution < -0.4 is 15.4 Å². The minimum atomic E-state index is -0.309. The van der Waals surface area contributed by atoms with Crippen molar-refractivity contribution in [2.45, 2.75) is 25.4 Å². The summed E-state index contributed by atoms with van der Waals surface area (Å²) >= 11 is 0. The van der Waals surface area contributed by atoms with Crippen LogP contribution in [0.2, 0.25) is 0 Å². The third kappa shape index (κ3) is 6.70. The first-order valence-corrected chi connectivity index (χ1v) is 9.69. The minimum Gasteiger partial charge on any atom is -0.484 e. The third-order valence-corrected chi connectivity index (χ3v) is 4.76. The maximum Gasteiger partial charge on any atom is 0.258 e. The van der Waals surface area contributed by atoms with Crippen LogP contribution in [0.15, 0.2) is 60.7 Å². The molecule has 3 rings (SSSR count). The summed E-state index contributed by atoms with van der Waals surface area (Å²) in [7, 11) is 0. The van der Waals surface area contributed by atoms with Gasteiger partial charge in [0.05, 0.1) is 6.54 Å². The number of para-hydroxylation sites is 1. The van der Waals surface area contributed by atoms with Crippen LogP contribution in [0.3, 0.4) is 0 Å². The van der Waals surface area contributed by atoms with Gasteiger partial charge in [-0.15, -0.1) is 0 Å². The Labute approximate surface area is 165 Å². The molecule has 2 aromatic carbocycles. The van der Waals surface area contributed by atoms with Gasteiger partial charge in [0.2, 0.25) is 5.91 Å². The second kappa shape index (κ2) is 10.5. The smallest absolute Gasteiger partial charge is 0.258 e. The molecular weight excluding hydrogens is 354 g/mol. The van der Waals surface area contributed by atoms with E-state index in [0.717, 1.165) is 32.5 Å². The molecule has 1 aliphatic heterocycles. The number of rotatable bonds is 8. The molecule has 0 aromatic heterocycles. The van der Waals surface area contributed by atoms with Gasteiger partial charge in [-0.1, -0.05) is 48.5 Å². The van der Waals surface area contributed by atoms with E-state index < -0.39 is 0 Å². The Hall–Kier alpha value is -2.86. The lowest BCUT2D eigenvalue weighted by molar-refractivity contribution is -0.127. The highest BCUT2D eigenvalue weighted by Crippen LogP contribution is 2.13. The van der Waals surface area contributed by atoms with Crippen molar-refractivity contribution in [2.24, 2.45) is 0 Å². The molecule has 6 heteroatoms. The summed E-state index contributed by atoms with van der Waals surface area (Å²) in [5, 5.41) is 5.61. The summed E-state index contributed by atoms with van der Waals surface area (Å²) in [6.07, 6.45) is 1.84. The van der Waals surface area contributed by atoms with Gasteiger partial charge in [-0.2, -0.15) is 0 Å². The lowest BCUT2D eigenvalue weighted by atomic mass is 10.0. The Kier molecular flexibility index (Phi) is 7.44. The zero-order chi connectivity index (χ0) is 19.6. The number of ether oxygens (including phenoxy) is 1. The molecule has 2 N–H and O–H groups in total. The molecule has 148 valence electrons. The normalized spacial score (nSPS) is 15.0. The second-order valence-electron chi connectivity index (χ2n) is 6.98. The molecule has 2 amide bonds. The van der Waals surface area contributed by atoms with Gasteiger partial charge in [0.15, 0.2) is 6.61 Å². The summed E-state index contributed by atoms with van der Waals surface area (Å²) in [4.78, 5) is 26.3. The van der Waals surface area contributed by atoms with E-state index in [0.29, 0.717) is 5.75 Å². The molecule has 0 atom stereocenters. The molecule has 1 heterocycles. The van der Waals surface area contributed by atoms with Gasteiger partial charge < -0.3 is 15.4 Å². The third-order valence-electron chi connectivity index (χ3n) is 4.76. The van der Waals surface area contributed by atoms with E-state index in [1.165, 1.54) is 5.56 Å². The number of likely N-dealkylation sites (tertiary alicyclic amines) is 1. The number of nitrogens with one attached hydrogen (secondary N) is 2. The fraction of sp³-hybridized carbons (Fsp3) is 0.364. The van der Waals surface area contributed by atoms with Crippen molar-refractivity contribution in [3.63, 3.8) is 0 Å². The molecule has 0 unspecified atom stereocenters. The fourth-order valence-corrected chi connectivity index (χ4v) is 3.25. The number of amides is 2. The summed E-state index contributed by atoms with van der Waals surface area (Å²) in [5.41, 5.74) is 1.31. The van der Waals surface area contributed by atoms with Crippen LogP contribution in [0, 0.1) is 0 Å². The average Bonchev–Trinajstić information content (AvgIpc) is 2.74. The van der Waals surface area contributed by atoms with Crippen LogP contribution >= 0.6 is 0 Å². The Morgan fingerprint density at radius 1 is 0.929 bits per heavy atom. The lowest BCUT2D eigenvalue weighted by Crippen LogP contribution is -2.47. The molecule has 1 fully saturated rings. The zero-order valence-corrected chi connectivity index (χ0v) is 16.0. The molecule has 0 aliphatic carbocycles. The number of carbonyl (C=O) groups is 2. The van der Waals surface area contributed by atoms with Crippen molar-refractivity contribution >= 4 is 11.8 Å². The number of hydrogen-bond acceptors (Lipinski definition) is 4. The standard InChI is InChI=1S/C22H27N3O3/c26-21(15-23-22(27)17-28-20-9-5-2-6-10-20)24-19-11-13-25(14-12-19)16-18-7-3-1-4-8-18/h1-10,19H,11-17H2,(H,23,27)(H,24,26). The van der Waals surface area contributed by atoms with E-state index in [2.05, 4.69) is 39.8 Å². The molecule has 0 radical (unpaired) electrons. The van der Waals surface area contributed by atoms with Gasteiger partial charge >= 0.3 is 0 Å². The van der Waals surface area contributed by atoms with Crippen LogP contribution in [0.25, 0.3) is 0 Å². The molecule has 0 saturated carbocycles. The first kappa shape index (κ1) is 19.9. The Bertz CT molecular complexity index is 744. The molecule has 2 aromatic rings. The molecule has 1 saturated heterocycles. The van der Waals surface area contributed by atoms with E-state index in [1.54, 1.807) is 12.1 Å². The maximum absolute atomic E-state index is 12.1. The van der Waals surface area contributed by atoms with E-state index in [4.69, 9.17) is 4.74 Å². The molecule has 1 aliphatic rings. The van der Waals surface area contributed by atoms with E-state index in [1.807, 2.05) is 24.3 Å². The molecule has 0 spiro atoms. The number of benzene rings is 2. The van der Waals surface area contributed by atoms with Gasteiger partial charge in [-0.25, -0.2) is 0 Å². The second-order valence-corrected chi connectivity index (χ2v) is 6.98. The molecular formula is C22H27N3O3. The highest BCUT2D eigenvalue weighted by atomic mass is 16.5. The van der Waals surface area contributed by atoms with Crippen molar-refractivity contribution < 1.29 is 14.3 Å². The van der Waals surface area contributed by atoms with Crippen LogP contribution in [0.1, 0.15) is 18.4 Å². The average molecular weight is 381 g/mol. The summed E-state index contributed by atoms with van der Waals surface area (Å²) in [5.74, 6) is 0.163. The van der Waals surface area contributed by atoms with E-state index >= 15 is 0 Å². The van der Waals surface area contributed by atoms with Crippen molar-refractivity contribution in [3.8, 4) is 5.75 Å². The SMILES string of the molecule is O=C(COc1ccccc1)NCC(=O)NC1CCN(Cc2ccccc2)CC1. The number of hydrogen-bond donors (Lipinski definition) is 2. The first-order chi connectivity index (χ1) is 13.7. The van der Waals surface area contributed by atoms with Crippen molar-refractivity contribution in [2.75, 3.05) is 26.2 Å². The molecule has 6 nitrogen and oxygen atoms in total. The summed E-state index contributed by atoms with van der Waals surface area (Å²) in [6, 6.07) is 19.7. The van der Waals surface area contributed by atoms with Gasteiger partial charge in [0, 0.05) is 25.7 Å². The predicted molar refractivity (Wildman–Crippen MR) is 108 cm³/mol. The Balaban J connectivity index is 1.29. The molecule has 0 bridgehead atoms. The lowest BCUT2D eigenvalue weighted by Gasteiger charge is -2.32. The fourth-order valence-electron chi connectivity index (χ4n) is 3.25. The highest BCUT2D eigenvalue weighted by Gasteiger charge is 2.20. The topological polar surface area (TPSA) is 70.7 Å². The number of piperidine rings is 1. The van der Waals surface area contributed by atoms with Crippen LogP contribution in [0.5, 0.6) is 5.75 Å². The largest absolute Gasteiger partial charge is 0.484 e. The Morgan fingerprint density at radius 2 is 1.57 bits per heavy atom. The van der Waals surface area contributed by atoms with Crippen molar-refractivity contribution in [3.05, 3.63) is 66.2 Å². The van der Waals surface area contributed by atoms with Crippen molar-refractivity contribution in [1.29, 1.82) is 0 Å². The minimum absolute atomic E-state index is 0.0266. The summed E-state index contributed by atoms with van der Waals surface area (Å²) in [6.45, 7) is 2.73. The van der Waals surface area contributed by atoms with Gasteiger partial charge in [0.25, 0.3) is 5.91 Å². The number of carbonyl (C=O) groups excluding carboxylic acids is 2.